The molecule has 0 aliphatic carbocycles. The largest absolute Gasteiger partial charge is 0.358 e. The van der Waals surface area contributed by atoms with Gasteiger partial charge < -0.3 is 32.2 Å². The van der Waals surface area contributed by atoms with Crippen molar-refractivity contribution in [3.63, 3.8) is 0 Å². The van der Waals surface area contributed by atoms with E-state index < -0.39 is 0 Å². The van der Waals surface area contributed by atoms with Crippen molar-refractivity contribution >= 4 is 34.0 Å². The van der Waals surface area contributed by atoms with Gasteiger partial charge in [0.1, 0.15) is 11.5 Å². The molecule has 3 N–H and O–H groups in total. The summed E-state index contributed by atoms with van der Waals surface area (Å²) in [6, 6.07) is 25.3. The molecule has 0 fully saturated rings. The Morgan fingerprint density at radius 1 is 0.711 bits per heavy atom. The molecule has 5 rings (SSSR count). The molecule has 0 unspecified atom stereocenters. The number of fused-ring (bicyclic) bond motifs is 2. The number of hydrazone groups is 1. The summed E-state index contributed by atoms with van der Waals surface area (Å²) in [7, 11) is 0. The van der Waals surface area contributed by atoms with Gasteiger partial charge in [-0.05, 0) is 57.2 Å². The molecule has 0 amide bonds. The van der Waals surface area contributed by atoms with Crippen LogP contribution in [0.25, 0.3) is 22.1 Å². The number of anilines is 1. The normalized spacial score (nSPS) is 8.71. The van der Waals surface area contributed by atoms with E-state index in [1.165, 1.54) is 0 Å². The molecular weight excluding hydrogens is 703 g/mol. The molecule has 0 saturated carbocycles. The van der Waals surface area contributed by atoms with Crippen LogP contribution in [0.2, 0.25) is 0 Å². The minimum absolute atomic E-state index is 0. The Labute approximate surface area is 302 Å². The fraction of sp³-hybridized carbons (Fsp3) is 0.107. The number of aromatic nitrogens is 4. The summed E-state index contributed by atoms with van der Waals surface area (Å²) < 4.78 is 0. The molecule has 5 aromatic rings. The second-order valence-corrected chi connectivity index (χ2v) is 6.87. The van der Waals surface area contributed by atoms with Crippen LogP contribution in [0.1, 0.15) is 18.4 Å². The van der Waals surface area contributed by atoms with Crippen LogP contribution in [0.5, 0.6) is 0 Å². The van der Waals surface area contributed by atoms with E-state index in [2.05, 4.69) is 30.5 Å². The summed E-state index contributed by atoms with van der Waals surface area (Å²) in [5.74, 6) is 0.973. The number of benzene rings is 3. The van der Waals surface area contributed by atoms with Crippen molar-refractivity contribution in [2.24, 2.45) is 5.10 Å². The molecule has 0 spiro atoms. The van der Waals surface area contributed by atoms with Gasteiger partial charge >= 0.3 is 0 Å². The van der Waals surface area contributed by atoms with Gasteiger partial charge in [-0.25, -0.2) is 9.97 Å². The number of hydrogen-bond acceptors (Lipinski definition) is 5. The summed E-state index contributed by atoms with van der Waals surface area (Å²) in [6.45, 7) is 5.53. The Hall–Kier alpha value is -0.948. The molecule has 10 heteroatoms. The van der Waals surface area contributed by atoms with Crippen molar-refractivity contribution in [2.75, 3.05) is 5.43 Å². The van der Waals surface area contributed by atoms with Gasteiger partial charge in [0, 0.05) is 104 Å². The first-order valence-electron chi connectivity index (χ1n) is 10.2. The van der Waals surface area contributed by atoms with Crippen LogP contribution in [-0.2, 0) is 98.1 Å². The Morgan fingerprint density at radius 3 is 1.71 bits per heavy atom. The average molecular weight is 738 g/mol. The molecule has 0 atom stereocenters. The zero-order valence-corrected chi connectivity index (χ0v) is 31.6. The second-order valence-electron chi connectivity index (χ2n) is 6.87. The first-order valence-corrected chi connectivity index (χ1v) is 10.2. The van der Waals surface area contributed by atoms with Crippen LogP contribution in [0.15, 0.2) is 88.8 Å². The molecule has 3 aromatic carbocycles. The van der Waals surface area contributed by atoms with Crippen LogP contribution in [0.3, 0.4) is 0 Å². The zero-order chi connectivity index (χ0) is 22.8. The monoisotopic (exact) mass is 738 g/mol. The van der Waals surface area contributed by atoms with E-state index in [1.807, 2.05) is 92.7 Å². The summed E-state index contributed by atoms with van der Waals surface area (Å²) in [4.78, 5) is 25.4. The number of nitrogens with zero attached hydrogens (tertiary/aromatic N) is 3. The Morgan fingerprint density at radius 2 is 1.18 bits per heavy atom. The number of imidazole rings is 1. The summed E-state index contributed by atoms with van der Waals surface area (Å²) in [5.41, 5.74) is 8.04. The van der Waals surface area contributed by atoms with Gasteiger partial charge in [-0.15, -0.1) is 0 Å². The summed E-state index contributed by atoms with van der Waals surface area (Å²) in [5, 5.41) is 3.87. The minimum Gasteiger partial charge on any atom is -0.358 e. The van der Waals surface area contributed by atoms with E-state index in [9.17, 15) is 4.79 Å². The standard InChI is InChI=1S/C9H8N2O.C8H8N2.C8H10N2.3CH3.3Y/c1-6-9(12)11-8-5-3-2-4-7(8)10-6;1-6-9-7-4-2-3-5-8(7)10-6;1-2-9-10-8-6-4-3-5-7-8;;;;;;/h2-5H,1H3,(H,11,12);2-5H,1H3,(H,9,10);2-7,10H,1H3;3*1H3;;;/q;;;3*-1;;;/b;;9-2+;;;;;;. The molecule has 195 valence electrons. The molecule has 0 saturated heterocycles. The van der Waals surface area contributed by atoms with E-state index in [-0.39, 0.29) is 126 Å². The van der Waals surface area contributed by atoms with Gasteiger partial charge in [-0.2, -0.15) is 5.10 Å². The maximum atomic E-state index is 11.1. The van der Waals surface area contributed by atoms with E-state index >= 15 is 0 Å². The molecule has 0 bridgehead atoms. The summed E-state index contributed by atoms with van der Waals surface area (Å²) in [6.07, 6.45) is 1.72. The van der Waals surface area contributed by atoms with Gasteiger partial charge in [-0.3, -0.25) is 10.2 Å². The number of H-pyrrole nitrogens is 2. The Balaban J connectivity index is -0.000000212. The average Bonchev–Trinajstić information content (AvgIpc) is 3.20. The zero-order valence-electron chi connectivity index (χ0n) is 23.1. The van der Waals surface area contributed by atoms with Crippen molar-refractivity contribution in [2.45, 2.75) is 20.8 Å². The fourth-order valence-electron chi connectivity index (χ4n) is 2.85. The molecule has 2 aromatic heterocycles. The fourth-order valence-corrected chi connectivity index (χ4v) is 2.85. The molecule has 3 radical (unpaired) electrons. The van der Waals surface area contributed by atoms with Gasteiger partial charge in [0.25, 0.3) is 5.56 Å². The van der Waals surface area contributed by atoms with Crippen molar-refractivity contribution < 1.29 is 98.1 Å². The smallest absolute Gasteiger partial charge is 0.269 e. The summed E-state index contributed by atoms with van der Waals surface area (Å²) >= 11 is 0. The number of nitrogens with one attached hydrogen (secondary N) is 3. The molecule has 2 heterocycles. The Bertz CT molecular complexity index is 1340. The third-order valence-corrected chi connectivity index (χ3v) is 4.37. The molecule has 38 heavy (non-hydrogen) atoms. The van der Waals surface area contributed by atoms with Crippen LogP contribution in [-0.4, -0.2) is 26.2 Å². The number of rotatable bonds is 2. The number of para-hydroxylation sites is 5. The van der Waals surface area contributed by atoms with Gasteiger partial charge in [-0.1, -0.05) is 42.5 Å². The first-order chi connectivity index (χ1) is 15.6. The van der Waals surface area contributed by atoms with Crippen LogP contribution in [0, 0.1) is 36.1 Å². The quantitative estimate of drug-likeness (QED) is 0.109. The third kappa shape index (κ3) is 14.4. The van der Waals surface area contributed by atoms with Gasteiger partial charge in [0.2, 0.25) is 0 Å². The predicted octanol–water partition coefficient (Wildman–Crippen LogP) is 6.55. The first kappa shape index (κ1) is 44.1. The topological polar surface area (TPSA) is 98.8 Å². The molecule has 0 aliphatic heterocycles. The third-order valence-electron chi connectivity index (χ3n) is 4.37. The van der Waals surface area contributed by atoms with Crippen LogP contribution >= 0.6 is 0 Å². The molecule has 7 nitrogen and oxygen atoms in total. The van der Waals surface area contributed by atoms with Gasteiger partial charge in [0.15, 0.2) is 0 Å². The number of hydrogen-bond donors (Lipinski definition) is 3. The van der Waals surface area contributed by atoms with E-state index in [0.29, 0.717) is 5.69 Å². The van der Waals surface area contributed by atoms with Crippen molar-refractivity contribution in [1.82, 2.24) is 19.9 Å². The van der Waals surface area contributed by atoms with E-state index in [0.717, 1.165) is 33.6 Å². The Kier molecular flexibility index (Phi) is 27.7. The minimum atomic E-state index is -0.117. The SMILES string of the molecule is C/C=N/Nc1ccccc1.Cc1nc2ccccc2[nH]1.Cc1nc2ccccc2[nH]c1=O.[CH3-].[CH3-].[CH3-].[Y].[Y].[Y]. The maximum absolute atomic E-state index is 11.1. The second kappa shape index (κ2) is 23.9. The molecule has 0 aliphatic rings. The number of aromatic amines is 2. The van der Waals surface area contributed by atoms with Crippen molar-refractivity contribution in [3.05, 3.63) is 123 Å². The van der Waals surface area contributed by atoms with Gasteiger partial charge in [0.05, 0.1) is 27.8 Å². The predicted molar refractivity (Wildman–Crippen MR) is 151 cm³/mol. The molecular formula is C28H35N6OY3-3. The van der Waals surface area contributed by atoms with E-state index in [4.69, 9.17) is 0 Å². The van der Waals surface area contributed by atoms with Crippen molar-refractivity contribution in [1.29, 1.82) is 0 Å². The van der Waals surface area contributed by atoms with Crippen molar-refractivity contribution in [3.8, 4) is 0 Å². The van der Waals surface area contributed by atoms with Crippen LogP contribution < -0.4 is 11.0 Å². The van der Waals surface area contributed by atoms with Crippen LogP contribution in [0.4, 0.5) is 5.69 Å². The number of aryl methyl sites for hydroxylation is 2. The maximum Gasteiger partial charge on any atom is 0.269 e. The van der Waals surface area contributed by atoms with E-state index in [1.54, 1.807) is 13.1 Å².